The van der Waals surface area contributed by atoms with E-state index in [-0.39, 0.29) is 0 Å². The van der Waals surface area contributed by atoms with Crippen molar-refractivity contribution < 1.29 is 14.2 Å². The number of hydrogen-bond acceptors (Lipinski definition) is 10. The molecule has 1 N–H and O–H groups in total. The molecule has 0 bridgehead atoms. The molecule has 36 heavy (non-hydrogen) atoms. The molecule has 1 aromatic heterocycles. The van der Waals surface area contributed by atoms with E-state index in [1.807, 2.05) is 48.5 Å². The minimum atomic E-state index is 0.393. The molecule has 3 aromatic rings. The second-order valence-electron chi connectivity index (χ2n) is 8.28. The van der Waals surface area contributed by atoms with Crippen LogP contribution in [-0.4, -0.2) is 73.8 Å². The summed E-state index contributed by atoms with van der Waals surface area (Å²) >= 11 is 6.20. The third kappa shape index (κ3) is 6.39. The van der Waals surface area contributed by atoms with E-state index < -0.39 is 0 Å². The van der Waals surface area contributed by atoms with Crippen molar-refractivity contribution in [3.63, 3.8) is 0 Å². The Kier molecular flexibility index (Phi) is 8.06. The van der Waals surface area contributed by atoms with E-state index in [4.69, 9.17) is 30.8 Å². The van der Waals surface area contributed by atoms with Gasteiger partial charge in [0.05, 0.1) is 32.6 Å². The number of nitrogens with zero attached hydrogens (tertiary/aromatic N) is 6. The predicted molar refractivity (Wildman–Crippen MR) is 139 cm³/mol. The zero-order valence-electron chi connectivity index (χ0n) is 19.8. The van der Waals surface area contributed by atoms with Crippen molar-refractivity contribution in [1.82, 2.24) is 15.0 Å². The molecule has 11 heteroatoms. The van der Waals surface area contributed by atoms with Gasteiger partial charge in [-0.1, -0.05) is 29.8 Å². The summed E-state index contributed by atoms with van der Waals surface area (Å²) in [7, 11) is 0. The monoisotopic (exact) mass is 509 g/mol. The lowest BCUT2D eigenvalue weighted by molar-refractivity contribution is 0.121. The van der Waals surface area contributed by atoms with Gasteiger partial charge in [0, 0.05) is 36.8 Å². The zero-order chi connectivity index (χ0) is 24.6. The van der Waals surface area contributed by atoms with E-state index >= 15 is 0 Å². The molecule has 0 unspecified atom stereocenters. The number of anilines is 3. The molecule has 0 amide bonds. The summed E-state index contributed by atoms with van der Waals surface area (Å²) in [6.45, 7) is 5.95. The first-order valence-corrected chi connectivity index (χ1v) is 12.3. The van der Waals surface area contributed by atoms with Gasteiger partial charge in [0.2, 0.25) is 17.8 Å². The summed E-state index contributed by atoms with van der Waals surface area (Å²) in [5.41, 5.74) is 4.81. The van der Waals surface area contributed by atoms with E-state index in [2.05, 4.69) is 30.3 Å². The van der Waals surface area contributed by atoms with Crippen LogP contribution >= 0.6 is 11.6 Å². The Morgan fingerprint density at radius 3 is 2.08 bits per heavy atom. The molecule has 0 radical (unpaired) electrons. The maximum absolute atomic E-state index is 6.20. The van der Waals surface area contributed by atoms with Crippen molar-refractivity contribution in [2.75, 3.05) is 67.8 Å². The van der Waals surface area contributed by atoms with Crippen LogP contribution in [0, 0.1) is 0 Å². The Morgan fingerprint density at radius 1 is 0.861 bits per heavy atom. The lowest BCUT2D eigenvalue weighted by atomic mass is 10.2. The van der Waals surface area contributed by atoms with Crippen molar-refractivity contribution in [2.45, 2.75) is 6.61 Å². The summed E-state index contributed by atoms with van der Waals surface area (Å²) in [6, 6.07) is 15.3. The topological polar surface area (TPSA) is 97.2 Å². The number of ether oxygens (including phenoxy) is 3. The van der Waals surface area contributed by atoms with Crippen LogP contribution in [0.3, 0.4) is 0 Å². The third-order valence-corrected chi connectivity index (χ3v) is 6.18. The molecule has 2 aliphatic heterocycles. The molecule has 5 rings (SSSR count). The maximum Gasteiger partial charge on any atom is 0.250 e. The van der Waals surface area contributed by atoms with Crippen LogP contribution < -0.4 is 20.0 Å². The van der Waals surface area contributed by atoms with Crippen LogP contribution in [-0.2, 0) is 16.1 Å². The van der Waals surface area contributed by atoms with Crippen LogP contribution in [0.15, 0.2) is 53.6 Å². The first kappa shape index (κ1) is 24.2. The van der Waals surface area contributed by atoms with Gasteiger partial charge in [-0.3, -0.25) is 0 Å². The number of hydrogen-bond donors (Lipinski definition) is 1. The second-order valence-corrected chi connectivity index (χ2v) is 8.68. The van der Waals surface area contributed by atoms with Gasteiger partial charge in [-0.2, -0.15) is 20.1 Å². The molecule has 0 atom stereocenters. The average Bonchev–Trinajstić information content (AvgIpc) is 2.94. The van der Waals surface area contributed by atoms with E-state index in [1.54, 1.807) is 6.21 Å². The number of halogens is 1. The lowest BCUT2D eigenvalue weighted by Gasteiger charge is -2.30. The van der Waals surface area contributed by atoms with Gasteiger partial charge in [-0.15, -0.1) is 0 Å². The first-order chi connectivity index (χ1) is 17.7. The van der Waals surface area contributed by atoms with Gasteiger partial charge >= 0.3 is 0 Å². The number of benzene rings is 2. The molecular formula is C25H28ClN7O3. The number of aromatic nitrogens is 3. The molecule has 2 aliphatic rings. The Balaban J connectivity index is 1.24. The Bertz CT molecular complexity index is 1130. The smallest absolute Gasteiger partial charge is 0.250 e. The van der Waals surface area contributed by atoms with E-state index in [1.165, 1.54) is 0 Å². The number of morpholine rings is 2. The Morgan fingerprint density at radius 2 is 1.47 bits per heavy atom. The summed E-state index contributed by atoms with van der Waals surface area (Å²) in [4.78, 5) is 18.1. The van der Waals surface area contributed by atoms with E-state index in [0.717, 1.165) is 43.1 Å². The highest BCUT2D eigenvalue weighted by atomic mass is 35.5. The van der Waals surface area contributed by atoms with Gasteiger partial charge in [0.1, 0.15) is 12.4 Å². The van der Waals surface area contributed by atoms with Crippen LogP contribution in [0.4, 0.5) is 17.8 Å². The maximum atomic E-state index is 6.20. The van der Waals surface area contributed by atoms with Crippen molar-refractivity contribution in [1.29, 1.82) is 0 Å². The van der Waals surface area contributed by atoms with Crippen LogP contribution in [0.1, 0.15) is 11.1 Å². The summed E-state index contributed by atoms with van der Waals surface area (Å²) < 4.78 is 16.8. The molecule has 0 spiro atoms. The van der Waals surface area contributed by atoms with E-state index in [0.29, 0.717) is 55.9 Å². The average molecular weight is 510 g/mol. The van der Waals surface area contributed by atoms with E-state index in [9.17, 15) is 0 Å². The molecule has 2 fully saturated rings. The quantitative estimate of drug-likeness (QED) is 0.362. The summed E-state index contributed by atoms with van der Waals surface area (Å²) in [6.07, 6.45) is 1.71. The fourth-order valence-electron chi connectivity index (χ4n) is 3.80. The van der Waals surface area contributed by atoms with Crippen LogP contribution in [0.5, 0.6) is 5.75 Å². The Labute approximate surface area is 214 Å². The standard InChI is InChI=1S/C25H28ClN7O3/c26-22-4-2-1-3-20(22)18-36-21-7-5-19(6-8-21)17-27-31-23-28-24(32-9-13-34-14-10-32)30-25(29-23)33-11-15-35-16-12-33/h1-8,17H,9-16,18H2,(H,28,29,30,31)/b27-17+. The first-order valence-electron chi connectivity index (χ1n) is 11.9. The Hall–Kier alpha value is -3.47. The minimum absolute atomic E-state index is 0.393. The normalized spacial score (nSPS) is 16.4. The highest BCUT2D eigenvalue weighted by Crippen LogP contribution is 2.20. The highest BCUT2D eigenvalue weighted by Gasteiger charge is 2.20. The minimum Gasteiger partial charge on any atom is -0.489 e. The van der Waals surface area contributed by atoms with Gasteiger partial charge in [-0.25, -0.2) is 5.43 Å². The molecule has 0 aliphatic carbocycles. The van der Waals surface area contributed by atoms with Crippen molar-refractivity contribution >= 4 is 35.7 Å². The molecule has 2 aromatic carbocycles. The third-order valence-electron chi connectivity index (χ3n) is 5.81. The van der Waals surface area contributed by atoms with Gasteiger partial charge < -0.3 is 24.0 Å². The summed E-state index contributed by atoms with van der Waals surface area (Å²) in [5.74, 6) is 2.38. The summed E-state index contributed by atoms with van der Waals surface area (Å²) in [5, 5.41) is 5.04. The molecular weight excluding hydrogens is 482 g/mol. The molecule has 2 saturated heterocycles. The van der Waals surface area contributed by atoms with Crippen LogP contribution in [0.25, 0.3) is 0 Å². The van der Waals surface area contributed by atoms with Crippen molar-refractivity contribution in [2.24, 2.45) is 5.10 Å². The number of nitrogens with one attached hydrogen (secondary N) is 1. The SMILES string of the molecule is Clc1ccccc1COc1ccc(/C=N/Nc2nc(N3CCOCC3)nc(N3CCOCC3)n2)cc1. The number of rotatable bonds is 8. The van der Waals surface area contributed by atoms with Gasteiger partial charge in [0.25, 0.3) is 0 Å². The van der Waals surface area contributed by atoms with Crippen molar-refractivity contribution in [3.05, 3.63) is 64.7 Å². The lowest BCUT2D eigenvalue weighted by Crippen LogP contribution is -2.40. The molecule has 0 saturated carbocycles. The zero-order valence-corrected chi connectivity index (χ0v) is 20.6. The fourth-order valence-corrected chi connectivity index (χ4v) is 3.99. The van der Waals surface area contributed by atoms with Crippen molar-refractivity contribution in [3.8, 4) is 5.75 Å². The number of hydrazone groups is 1. The predicted octanol–water partition coefficient (Wildman–Crippen LogP) is 3.22. The second kappa shape index (κ2) is 12.0. The molecule has 188 valence electrons. The highest BCUT2D eigenvalue weighted by molar-refractivity contribution is 6.31. The van der Waals surface area contributed by atoms with Crippen LogP contribution in [0.2, 0.25) is 5.02 Å². The van der Waals surface area contributed by atoms with Gasteiger partial charge in [0.15, 0.2) is 0 Å². The largest absolute Gasteiger partial charge is 0.489 e. The molecule has 3 heterocycles. The fraction of sp³-hybridized carbons (Fsp3) is 0.360. The molecule has 10 nitrogen and oxygen atoms in total. The van der Waals surface area contributed by atoms with Gasteiger partial charge in [-0.05, 0) is 35.9 Å².